The monoisotopic (exact) mass is 1240 g/mol. The van der Waals surface area contributed by atoms with Gasteiger partial charge < -0.3 is 100 Å². The summed E-state index contributed by atoms with van der Waals surface area (Å²) in [5, 5.41) is 27.4. The lowest BCUT2D eigenvalue weighted by Crippen LogP contribution is -2.39. The van der Waals surface area contributed by atoms with Gasteiger partial charge in [0.05, 0.1) is 40.2 Å². The Morgan fingerprint density at radius 2 is 0.800 bits per heavy atom. The van der Waals surface area contributed by atoms with E-state index in [0.717, 1.165) is 13.0 Å². The maximum absolute atomic E-state index is 13.5. The van der Waals surface area contributed by atoms with Crippen molar-refractivity contribution in [2.24, 2.45) is 62.1 Å². The van der Waals surface area contributed by atoms with E-state index < -0.39 is 59.2 Å². The van der Waals surface area contributed by atoms with E-state index in [2.05, 4.69) is 63.1 Å². The molecule has 8 rings (SSSR count). The zero-order chi connectivity index (χ0) is 65.2. The molecule has 32 heteroatoms. The van der Waals surface area contributed by atoms with E-state index in [1.807, 2.05) is 19.0 Å². The first-order valence-electron chi connectivity index (χ1n) is 28.1. The summed E-state index contributed by atoms with van der Waals surface area (Å²) in [4.78, 5) is 142. The number of nitrogens with two attached hydrogens (primary N) is 1. The van der Waals surface area contributed by atoms with Crippen LogP contribution in [0.25, 0.3) is 0 Å². The van der Waals surface area contributed by atoms with E-state index in [4.69, 9.17) is 5.73 Å². The van der Waals surface area contributed by atoms with Gasteiger partial charge in [0.1, 0.15) is 34.2 Å². The maximum atomic E-state index is 13.5. The molecule has 0 saturated carbocycles. The van der Waals surface area contributed by atoms with Crippen molar-refractivity contribution in [2.75, 3.05) is 77.5 Å². The van der Waals surface area contributed by atoms with Crippen LogP contribution in [0.5, 0.6) is 0 Å². The van der Waals surface area contributed by atoms with Crippen molar-refractivity contribution >= 4 is 99.0 Å². The number of aryl methyl sites for hydroxylation is 8. The first-order chi connectivity index (χ1) is 42.7. The van der Waals surface area contributed by atoms with E-state index in [0.29, 0.717) is 35.0 Å². The van der Waals surface area contributed by atoms with Crippen LogP contribution in [0.1, 0.15) is 103 Å². The summed E-state index contributed by atoms with van der Waals surface area (Å²) in [6, 6.07) is 7.79. The number of nitrogens with zero attached hydrogens (tertiary/aromatic N) is 11. The van der Waals surface area contributed by atoms with Crippen LogP contribution in [0.15, 0.2) is 92.2 Å². The molecule has 1 atom stereocenters. The number of imidazole rings is 2. The lowest BCUT2D eigenvalue weighted by molar-refractivity contribution is -0.121. The van der Waals surface area contributed by atoms with Crippen LogP contribution in [0, 0.1) is 0 Å². The molecular weight excluding hydrogens is 1160 g/mol. The lowest BCUT2D eigenvalue weighted by Gasteiger charge is -2.11. The first-order valence-corrected chi connectivity index (χ1v) is 28.1. The zero-order valence-corrected chi connectivity index (χ0v) is 51.3. The molecule has 8 heterocycles. The van der Waals surface area contributed by atoms with Gasteiger partial charge >= 0.3 is 0 Å². The van der Waals surface area contributed by atoms with Gasteiger partial charge in [-0.3, -0.25) is 47.9 Å². The smallest absolute Gasteiger partial charge is 0.291 e. The van der Waals surface area contributed by atoms with Crippen molar-refractivity contribution in [3.63, 3.8) is 0 Å². The van der Waals surface area contributed by atoms with Crippen LogP contribution in [-0.4, -0.2) is 157 Å². The molecule has 90 heavy (non-hydrogen) atoms. The Morgan fingerprint density at radius 1 is 0.433 bits per heavy atom. The van der Waals surface area contributed by atoms with Crippen molar-refractivity contribution in [3.05, 3.63) is 138 Å². The molecule has 0 aliphatic heterocycles. The van der Waals surface area contributed by atoms with Crippen molar-refractivity contribution in [1.29, 1.82) is 0 Å². The third-order valence-electron chi connectivity index (χ3n) is 14.1. The molecule has 0 fully saturated rings. The van der Waals surface area contributed by atoms with Crippen LogP contribution in [-0.2, 0) is 66.0 Å². The SMILES string of the molecule is CN(C)CCCNC(=O)CCNC(=O)c1cc(NC(=O)c2cc(NC(=O)c3cc(NC(=O)c4nc(NC(=O)[C@H](N)CCNC(=O)c5cc(NC(=O)c6cc(NC(=O)c7cc(NC(=O)c8nccn8C)cn7C)cn6C)cn5C)cn4C)cn3C)cn2C)cn1C. The van der Waals surface area contributed by atoms with Gasteiger partial charge in [-0.2, -0.15) is 0 Å². The number of rotatable bonds is 26. The minimum Gasteiger partial charge on any atom is -0.356 e. The predicted molar refractivity (Wildman–Crippen MR) is 333 cm³/mol. The molecule has 0 aromatic carbocycles. The number of amides is 10. The number of aromatic nitrogens is 10. The summed E-state index contributed by atoms with van der Waals surface area (Å²) in [5.74, 6) is -4.81. The van der Waals surface area contributed by atoms with Crippen molar-refractivity contribution in [2.45, 2.75) is 25.3 Å². The molecule has 0 spiro atoms. The van der Waals surface area contributed by atoms with Gasteiger partial charge in [-0.25, -0.2) is 9.97 Å². The van der Waals surface area contributed by atoms with Gasteiger partial charge in [0, 0.05) is 138 Å². The Morgan fingerprint density at radius 3 is 1.18 bits per heavy atom. The van der Waals surface area contributed by atoms with E-state index in [1.165, 1.54) is 77.8 Å². The second-order valence-corrected chi connectivity index (χ2v) is 21.6. The maximum Gasteiger partial charge on any atom is 0.291 e. The molecule has 0 aliphatic carbocycles. The number of nitrogens with one attached hydrogen (secondary N) is 10. The van der Waals surface area contributed by atoms with Crippen LogP contribution in [0.4, 0.5) is 39.9 Å². The third-order valence-corrected chi connectivity index (χ3v) is 14.1. The van der Waals surface area contributed by atoms with E-state index in [1.54, 1.807) is 107 Å². The molecule has 32 nitrogen and oxygen atoms in total. The summed E-state index contributed by atoms with van der Waals surface area (Å²) in [6.45, 7) is 1.50. The molecule has 0 unspecified atom stereocenters. The fourth-order valence-corrected chi connectivity index (χ4v) is 9.50. The zero-order valence-electron chi connectivity index (χ0n) is 51.3. The lowest BCUT2D eigenvalue weighted by atomic mass is 10.2. The van der Waals surface area contributed by atoms with Crippen molar-refractivity contribution in [1.82, 2.24) is 67.4 Å². The Bertz CT molecular complexity index is 4060. The van der Waals surface area contributed by atoms with Crippen LogP contribution >= 0.6 is 0 Å². The molecule has 8 aromatic rings. The molecule has 12 N–H and O–H groups in total. The summed E-state index contributed by atoms with van der Waals surface area (Å²) < 4.78 is 12.1. The van der Waals surface area contributed by atoms with Gasteiger partial charge in [-0.05, 0) is 69.9 Å². The quantitative estimate of drug-likeness (QED) is 0.0346. The molecular formula is C58H72N22O10. The van der Waals surface area contributed by atoms with E-state index in [-0.39, 0.29) is 89.2 Å². The molecule has 474 valence electrons. The van der Waals surface area contributed by atoms with Gasteiger partial charge in [-0.1, -0.05) is 0 Å². The van der Waals surface area contributed by atoms with Crippen molar-refractivity contribution in [3.8, 4) is 0 Å². The van der Waals surface area contributed by atoms with E-state index in [9.17, 15) is 47.9 Å². The van der Waals surface area contributed by atoms with Gasteiger partial charge in [0.2, 0.25) is 17.6 Å². The number of carbonyl (C=O) groups is 10. The number of carbonyl (C=O) groups excluding carboxylic acids is 10. The van der Waals surface area contributed by atoms with Gasteiger partial charge in [-0.15, -0.1) is 0 Å². The topological polar surface area (TPSA) is 385 Å². The fraction of sp³-hybridized carbons (Fsp3) is 0.310. The second-order valence-electron chi connectivity index (χ2n) is 21.6. The Hall–Kier alpha value is -11.3. The molecule has 0 aliphatic rings. The summed E-state index contributed by atoms with van der Waals surface area (Å²) in [5.41, 5.74) is 9.33. The summed E-state index contributed by atoms with van der Waals surface area (Å²) in [6.07, 6.45) is 14.8. The van der Waals surface area contributed by atoms with Crippen molar-refractivity contribution < 1.29 is 47.9 Å². The van der Waals surface area contributed by atoms with Crippen LogP contribution in [0.2, 0.25) is 0 Å². The minimum atomic E-state index is -1.11. The molecule has 0 saturated heterocycles. The van der Waals surface area contributed by atoms with E-state index >= 15 is 0 Å². The predicted octanol–water partition coefficient (Wildman–Crippen LogP) is 1.97. The van der Waals surface area contributed by atoms with Gasteiger partial charge in [0.15, 0.2) is 11.6 Å². The second kappa shape index (κ2) is 28.0. The highest BCUT2D eigenvalue weighted by Crippen LogP contribution is 2.23. The highest BCUT2D eigenvalue weighted by molar-refractivity contribution is 6.10. The molecule has 0 radical (unpaired) electrons. The summed E-state index contributed by atoms with van der Waals surface area (Å²) in [7, 11) is 16.9. The Balaban J connectivity index is 0.758. The minimum absolute atomic E-state index is 0.0117. The van der Waals surface area contributed by atoms with Gasteiger partial charge in [0.25, 0.3) is 47.3 Å². The molecule has 0 bridgehead atoms. The first kappa shape index (κ1) is 64.7. The van der Waals surface area contributed by atoms with Crippen LogP contribution < -0.4 is 58.9 Å². The standard InChI is InChI=1S/C58H72N22O10/c1-72(2)18-11-14-60-47(81)13-16-63-52(84)41-21-34(27-75(41)5)65-54(86)43-23-36(29-77(43)7)67-56(88)45-25-38(31-79(45)9)69-58(90)49-70-46(32-80(49)10)71-50(82)39(59)12-15-62-51(83)40-20-33(26-74(40)4)64-53(85)42-22-35(28-76(42)6)66-55(87)44-24-37(30-78(44)8)68-57(89)48-61-17-19-73(48)3/h17,19-32,39H,11-16,18,59H2,1-10H3,(H,60,81)(H,62,83)(H,63,84)(H,64,85)(H,65,86)(H,66,87)(H,67,88)(H,68,89)(H,69,90)(H,71,82)/t39-/m1/s1. The number of anilines is 7. The average Bonchev–Trinajstić information content (AvgIpc) is 2.82. The highest BCUT2D eigenvalue weighted by Gasteiger charge is 2.25. The Labute approximate surface area is 515 Å². The molecule has 10 amide bonds. The number of hydrogen-bond acceptors (Lipinski definition) is 14. The highest BCUT2D eigenvalue weighted by atomic mass is 16.2. The normalized spacial score (nSPS) is 11.4. The molecule has 8 aromatic heterocycles. The number of hydrogen-bond donors (Lipinski definition) is 11. The summed E-state index contributed by atoms with van der Waals surface area (Å²) >= 11 is 0. The third kappa shape index (κ3) is 16.0. The average molecular weight is 1240 g/mol. The Kier molecular flexibility index (Phi) is 20.2. The largest absolute Gasteiger partial charge is 0.356 e. The van der Waals surface area contributed by atoms with Crippen LogP contribution in [0.3, 0.4) is 0 Å². The fourth-order valence-electron chi connectivity index (χ4n) is 9.50.